The zero-order valence-corrected chi connectivity index (χ0v) is 13.3. The molecular weight excluding hydrogens is 321 g/mol. The van der Waals surface area contributed by atoms with E-state index in [2.05, 4.69) is 11.9 Å². The number of carbonyl (C=O) groups excluding carboxylic acids is 1. The lowest BCUT2D eigenvalue weighted by Crippen LogP contribution is -2.44. The maximum Gasteiger partial charge on any atom is 0.328 e. The number of rotatable bonds is 7. The maximum absolute atomic E-state index is 13.9. The van der Waals surface area contributed by atoms with Crippen LogP contribution in [-0.4, -0.2) is 36.2 Å². The Morgan fingerprint density at radius 1 is 1.52 bits per heavy atom. The Balaban J connectivity index is 2.22. The number of ether oxygens (including phenoxy) is 1. The molecule has 0 radical (unpaired) electrons. The molecule has 1 unspecified atom stereocenters. The molecule has 122 valence electrons. The summed E-state index contributed by atoms with van der Waals surface area (Å²) in [5, 5.41) is 11.9. The summed E-state index contributed by atoms with van der Waals surface area (Å²) in [5.41, 5.74) is 0.497. The molecule has 0 fully saturated rings. The molecule has 5 nitrogen and oxygen atoms in total. The van der Waals surface area contributed by atoms with Crippen LogP contribution < -0.4 is 5.32 Å². The smallest absolute Gasteiger partial charge is 0.328 e. The number of fused-ring (bicyclic) bond motifs is 1. The average molecular weight is 337 g/mol. The molecule has 7 heteroatoms. The van der Waals surface area contributed by atoms with E-state index >= 15 is 0 Å². The number of amides is 1. The van der Waals surface area contributed by atoms with E-state index in [0.29, 0.717) is 20.5 Å². The molecule has 0 saturated carbocycles. The summed E-state index contributed by atoms with van der Waals surface area (Å²) in [6, 6.07) is 3.43. The van der Waals surface area contributed by atoms with Gasteiger partial charge in [-0.3, -0.25) is 4.79 Å². The van der Waals surface area contributed by atoms with Crippen molar-refractivity contribution in [1.29, 1.82) is 0 Å². The fourth-order valence-corrected chi connectivity index (χ4v) is 3.26. The molecule has 1 aromatic heterocycles. The molecule has 23 heavy (non-hydrogen) atoms. The first-order valence-electron chi connectivity index (χ1n) is 6.85. The van der Waals surface area contributed by atoms with Crippen LogP contribution in [0.15, 0.2) is 30.9 Å². The molecule has 1 aromatic carbocycles. The first-order valence-corrected chi connectivity index (χ1v) is 7.67. The summed E-state index contributed by atoms with van der Waals surface area (Å²) in [6.07, 6.45) is 1.49. The molecule has 2 N–H and O–H groups in total. The number of nitrogens with one attached hydrogen (secondary N) is 1. The van der Waals surface area contributed by atoms with Gasteiger partial charge in [-0.1, -0.05) is 12.1 Å². The van der Waals surface area contributed by atoms with E-state index < -0.39 is 23.7 Å². The normalized spacial score (nSPS) is 12.1. The first kappa shape index (κ1) is 17.1. The number of thiophene rings is 1. The molecule has 2 aromatic rings. The van der Waals surface area contributed by atoms with Crippen molar-refractivity contribution in [2.75, 3.05) is 13.2 Å². The summed E-state index contributed by atoms with van der Waals surface area (Å²) >= 11 is 1.13. The number of carbonyl (C=O) groups is 2. The van der Waals surface area contributed by atoms with E-state index in [1.165, 1.54) is 12.1 Å². The van der Waals surface area contributed by atoms with Crippen LogP contribution in [0, 0.1) is 12.7 Å². The molecule has 1 heterocycles. The van der Waals surface area contributed by atoms with Gasteiger partial charge in [0.15, 0.2) is 6.04 Å². The minimum atomic E-state index is -1.20. The second kappa shape index (κ2) is 7.34. The lowest BCUT2D eigenvalue weighted by atomic mass is 10.1. The lowest BCUT2D eigenvalue weighted by molar-refractivity contribution is -0.140. The van der Waals surface area contributed by atoms with Crippen LogP contribution >= 0.6 is 11.3 Å². The molecule has 0 spiro atoms. The Labute approximate surface area is 136 Å². The second-order valence-corrected chi connectivity index (χ2v) is 5.91. The van der Waals surface area contributed by atoms with Crippen molar-refractivity contribution < 1.29 is 23.8 Å². The van der Waals surface area contributed by atoms with Crippen molar-refractivity contribution in [3.8, 4) is 0 Å². The van der Waals surface area contributed by atoms with Crippen LogP contribution in [0.3, 0.4) is 0 Å². The zero-order chi connectivity index (χ0) is 17.0. The Bertz CT molecular complexity index is 756. The number of carboxylic acids is 1. The molecule has 1 atom stereocenters. The summed E-state index contributed by atoms with van der Waals surface area (Å²) in [7, 11) is 0. The van der Waals surface area contributed by atoms with Crippen molar-refractivity contribution in [1.82, 2.24) is 5.32 Å². The van der Waals surface area contributed by atoms with Gasteiger partial charge in [0.25, 0.3) is 5.91 Å². The van der Waals surface area contributed by atoms with Gasteiger partial charge in [0, 0.05) is 10.1 Å². The van der Waals surface area contributed by atoms with Crippen LogP contribution in [-0.2, 0) is 9.53 Å². The van der Waals surface area contributed by atoms with E-state index in [1.54, 1.807) is 19.1 Å². The van der Waals surface area contributed by atoms with Gasteiger partial charge in [-0.25, -0.2) is 9.18 Å². The Morgan fingerprint density at radius 2 is 2.26 bits per heavy atom. The highest BCUT2D eigenvalue weighted by Gasteiger charge is 2.24. The average Bonchev–Trinajstić information content (AvgIpc) is 2.84. The second-order valence-electron chi connectivity index (χ2n) is 4.86. The molecule has 0 bridgehead atoms. The summed E-state index contributed by atoms with van der Waals surface area (Å²) in [4.78, 5) is 23.8. The van der Waals surface area contributed by atoms with Gasteiger partial charge in [0.05, 0.1) is 18.1 Å². The standard InChI is InChI=1S/C16H16FNO4S/c1-3-7-22-8-11(16(20)21)18-15(19)14-9(2)13-10(17)5-4-6-12(13)23-14/h3-6,11H,1,7-8H2,2H3,(H,18,19)(H,20,21). The number of aryl methyl sites for hydroxylation is 1. The molecule has 1 amide bonds. The highest BCUT2D eigenvalue weighted by molar-refractivity contribution is 7.21. The molecule has 0 aliphatic rings. The fraction of sp³-hybridized carbons (Fsp3) is 0.250. The van der Waals surface area contributed by atoms with Crippen LogP contribution in [0.1, 0.15) is 15.2 Å². The van der Waals surface area contributed by atoms with Gasteiger partial charge in [-0.2, -0.15) is 0 Å². The van der Waals surface area contributed by atoms with Gasteiger partial charge in [0.2, 0.25) is 0 Å². The van der Waals surface area contributed by atoms with Crippen LogP contribution in [0.5, 0.6) is 0 Å². The Hall–Kier alpha value is -2.25. The predicted octanol–water partition coefficient (Wildman–Crippen LogP) is 2.73. The first-order chi connectivity index (χ1) is 11.0. The van der Waals surface area contributed by atoms with Crippen molar-refractivity contribution in [3.05, 3.63) is 47.1 Å². The quantitative estimate of drug-likeness (QED) is 0.602. The van der Waals surface area contributed by atoms with Crippen molar-refractivity contribution >= 4 is 33.3 Å². The minimum Gasteiger partial charge on any atom is -0.480 e. The highest BCUT2D eigenvalue weighted by Crippen LogP contribution is 2.32. The number of carboxylic acid groups (broad SMARTS) is 1. The topological polar surface area (TPSA) is 75.6 Å². The van der Waals surface area contributed by atoms with Gasteiger partial charge in [-0.15, -0.1) is 17.9 Å². The maximum atomic E-state index is 13.9. The van der Waals surface area contributed by atoms with Gasteiger partial charge >= 0.3 is 5.97 Å². The van der Waals surface area contributed by atoms with Gasteiger partial charge in [-0.05, 0) is 24.6 Å². The van der Waals surface area contributed by atoms with E-state index in [9.17, 15) is 14.0 Å². The largest absolute Gasteiger partial charge is 0.480 e. The third kappa shape index (κ3) is 3.75. The molecule has 0 saturated heterocycles. The number of hydrogen-bond acceptors (Lipinski definition) is 4. The van der Waals surface area contributed by atoms with E-state index in [4.69, 9.17) is 9.84 Å². The minimum absolute atomic E-state index is 0.175. The molecule has 0 aliphatic carbocycles. The summed E-state index contributed by atoms with van der Waals surface area (Å²) < 4.78 is 19.6. The van der Waals surface area contributed by atoms with Crippen LogP contribution in [0.25, 0.3) is 10.1 Å². The van der Waals surface area contributed by atoms with E-state index in [-0.39, 0.29) is 13.2 Å². The van der Waals surface area contributed by atoms with Crippen LogP contribution in [0.4, 0.5) is 4.39 Å². The Morgan fingerprint density at radius 3 is 2.87 bits per heavy atom. The fourth-order valence-electron chi connectivity index (χ4n) is 2.14. The number of benzene rings is 1. The van der Waals surface area contributed by atoms with Gasteiger partial charge < -0.3 is 15.2 Å². The lowest BCUT2D eigenvalue weighted by Gasteiger charge is -2.14. The predicted molar refractivity (Wildman–Crippen MR) is 86.4 cm³/mol. The third-order valence-corrected chi connectivity index (χ3v) is 4.49. The number of halogens is 1. The Kier molecular flexibility index (Phi) is 5.46. The summed E-state index contributed by atoms with van der Waals surface area (Å²) in [6.45, 7) is 5.11. The highest BCUT2D eigenvalue weighted by atomic mass is 32.1. The number of aliphatic carboxylic acids is 1. The summed E-state index contributed by atoms with van der Waals surface area (Å²) in [5.74, 6) is -2.16. The third-order valence-electron chi connectivity index (χ3n) is 3.23. The van der Waals surface area contributed by atoms with Gasteiger partial charge in [0.1, 0.15) is 5.82 Å². The molecule has 0 aliphatic heterocycles. The number of hydrogen-bond donors (Lipinski definition) is 2. The monoisotopic (exact) mass is 337 g/mol. The van der Waals surface area contributed by atoms with E-state index in [0.717, 1.165) is 11.3 Å². The zero-order valence-electron chi connectivity index (χ0n) is 12.5. The SMILES string of the molecule is C=CCOCC(NC(=O)c1sc2cccc(F)c2c1C)C(=O)O. The van der Waals surface area contributed by atoms with Crippen molar-refractivity contribution in [2.45, 2.75) is 13.0 Å². The molecular formula is C16H16FNO4S. The van der Waals surface area contributed by atoms with Crippen molar-refractivity contribution in [3.63, 3.8) is 0 Å². The van der Waals surface area contributed by atoms with Crippen molar-refractivity contribution in [2.24, 2.45) is 0 Å². The van der Waals surface area contributed by atoms with E-state index in [1.807, 2.05) is 0 Å². The molecule has 2 rings (SSSR count). The van der Waals surface area contributed by atoms with Crippen LogP contribution in [0.2, 0.25) is 0 Å².